The van der Waals surface area contributed by atoms with Gasteiger partial charge in [-0.1, -0.05) is 57.6 Å². The number of carbonyl (C=O) groups excluding carboxylic acids is 2. The van der Waals surface area contributed by atoms with Crippen molar-refractivity contribution in [3.63, 3.8) is 0 Å². The van der Waals surface area contributed by atoms with Gasteiger partial charge in [0.05, 0.1) is 0 Å². The zero-order chi connectivity index (χ0) is 27.2. The Kier molecular flexibility index (Phi) is 5.82. The fourth-order valence-corrected chi connectivity index (χ4v) is 10.2. The molecule has 1 aromatic carbocycles. The lowest BCUT2D eigenvalue weighted by Gasteiger charge is -2.50. The van der Waals surface area contributed by atoms with Crippen LogP contribution in [0.4, 0.5) is 0 Å². The topological polar surface area (TPSA) is 64.6 Å². The number of Topliss-reactive ketones (excluding diaryl/α,β-unsaturated/α-hetero) is 1. The van der Waals surface area contributed by atoms with Gasteiger partial charge >= 0.3 is 0 Å². The molecule has 2 saturated carbocycles. The van der Waals surface area contributed by atoms with Crippen LogP contribution in [0.2, 0.25) is 0 Å². The third kappa shape index (κ3) is 3.53. The Labute approximate surface area is 227 Å². The van der Waals surface area contributed by atoms with Crippen LogP contribution in [0, 0.1) is 52.3 Å². The van der Waals surface area contributed by atoms with E-state index in [0.29, 0.717) is 30.6 Å². The molecule has 3 aliphatic carbocycles. The van der Waals surface area contributed by atoms with E-state index < -0.39 is 23.0 Å². The zero-order valence-corrected chi connectivity index (χ0v) is 23.8. The Balaban J connectivity index is 1.59. The first-order valence-electron chi connectivity index (χ1n) is 14.4. The van der Waals surface area contributed by atoms with Crippen molar-refractivity contribution < 1.29 is 19.1 Å². The van der Waals surface area contributed by atoms with Gasteiger partial charge in [-0.3, -0.25) is 9.59 Å². The minimum Gasteiger partial charge on any atom is -0.490 e. The summed E-state index contributed by atoms with van der Waals surface area (Å²) in [6.45, 7) is 15.8. The lowest BCUT2D eigenvalue weighted by molar-refractivity contribution is -0.139. The molecule has 5 nitrogen and oxygen atoms in total. The van der Waals surface area contributed by atoms with Crippen molar-refractivity contribution >= 4 is 11.7 Å². The summed E-state index contributed by atoms with van der Waals surface area (Å²) < 4.78 is 13.0. The second-order valence-electron chi connectivity index (χ2n) is 13.8. The maximum Gasteiger partial charge on any atom is 0.232 e. The number of methoxy groups -OCH3 is 1. The normalized spacial score (nSPS) is 47.5. The Morgan fingerprint density at radius 3 is 2.47 bits per heavy atom. The third-order valence-electron chi connectivity index (χ3n) is 11.2. The number of rotatable bonds is 2. The highest BCUT2D eigenvalue weighted by molar-refractivity contribution is 6.05. The summed E-state index contributed by atoms with van der Waals surface area (Å²) in [7, 11) is 1.63. The molecule has 4 bridgehead atoms. The van der Waals surface area contributed by atoms with Gasteiger partial charge in [0.2, 0.25) is 5.91 Å². The summed E-state index contributed by atoms with van der Waals surface area (Å²) in [5, 5.41) is 3.09. The smallest absolute Gasteiger partial charge is 0.232 e. The van der Waals surface area contributed by atoms with Crippen LogP contribution in [0.15, 0.2) is 48.6 Å². The molecule has 3 heterocycles. The van der Waals surface area contributed by atoms with Crippen LogP contribution >= 0.6 is 0 Å². The number of benzene rings is 1. The van der Waals surface area contributed by atoms with E-state index in [4.69, 9.17) is 9.47 Å². The summed E-state index contributed by atoms with van der Waals surface area (Å²) in [4.78, 5) is 28.2. The van der Waals surface area contributed by atoms with E-state index in [2.05, 4.69) is 76.9 Å². The van der Waals surface area contributed by atoms with Crippen molar-refractivity contribution in [3.8, 4) is 5.75 Å². The average molecular weight is 518 g/mol. The van der Waals surface area contributed by atoms with Gasteiger partial charge in [-0.05, 0) is 60.6 Å². The summed E-state index contributed by atoms with van der Waals surface area (Å²) >= 11 is 0. The van der Waals surface area contributed by atoms with E-state index in [-0.39, 0.29) is 35.0 Å². The SMILES string of the molecule is C=CC1(C)C=C(C)C2C3C(Oc4ccc(cc4)CC4(OC)CC(C(=O)N4)C(=O)C31)C1C(C)CC(C)CC21C. The summed E-state index contributed by atoms with van der Waals surface area (Å²) in [6.07, 6.45) is 7.24. The molecule has 204 valence electrons. The maximum atomic E-state index is 14.7. The highest BCUT2D eigenvalue weighted by Crippen LogP contribution is 2.68. The molecule has 7 rings (SSSR count). The minimum absolute atomic E-state index is 0.0132. The van der Waals surface area contributed by atoms with Crippen molar-refractivity contribution in [2.75, 3.05) is 7.11 Å². The monoisotopic (exact) mass is 517 g/mol. The molecule has 11 unspecified atom stereocenters. The van der Waals surface area contributed by atoms with Gasteiger partial charge in [0.15, 0.2) is 0 Å². The second-order valence-corrected chi connectivity index (χ2v) is 13.8. The van der Waals surface area contributed by atoms with Crippen LogP contribution in [0.3, 0.4) is 0 Å². The largest absolute Gasteiger partial charge is 0.490 e. The predicted octanol–water partition coefficient (Wildman–Crippen LogP) is 5.74. The molecule has 38 heavy (non-hydrogen) atoms. The van der Waals surface area contributed by atoms with E-state index >= 15 is 0 Å². The Morgan fingerprint density at radius 2 is 1.82 bits per heavy atom. The Bertz CT molecular complexity index is 1200. The number of hydrogen-bond acceptors (Lipinski definition) is 4. The highest BCUT2D eigenvalue weighted by Gasteiger charge is 2.68. The molecule has 5 heteroatoms. The van der Waals surface area contributed by atoms with E-state index in [1.54, 1.807) is 7.11 Å². The highest BCUT2D eigenvalue weighted by atomic mass is 16.5. The zero-order valence-electron chi connectivity index (χ0n) is 23.8. The lowest BCUT2D eigenvalue weighted by atomic mass is 9.53. The standard InChI is InChI=1S/C33H43NO4/c1-8-31(5)15-20(4)25-24-27(31)28(35)23-17-33(37-7,34-30(23)36)16-21-9-11-22(12-10-21)38-29(24)26-19(3)13-18(2)14-32(25,26)6/h8-12,15,18-19,23-27,29H,1,13-14,16-17H2,2-7H3,(H,34,36). The first kappa shape index (κ1) is 25.9. The first-order chi connectivity index (χ1) is 17.9. The van der Waals surface area contributed by atoms with Gasteiger partial charge in [-0.25, -0.2) is 0 Å². The van der Waals surface area contributed by atoms with E-state index in [1.807, 2.05) is 6.08 Å². The summed E-state index contributed by atoms with van der Waals surface area (Å²) in [6, 6.07) is 8.26. The molecule has 0 aromatic heterocycles. The van der Waals surface area contributed by atoms with Crippen molar-refractivity contribution in [3.05, 3.63) is 54.1 Å². The minimum atomic E-state index is -0.892. The second kappa shape index (κ2) is 8.55. The number of carbonyl (C=O) groups is 2. The molecule has 1 saturated heterocycles. The molecule has 1 N–H and O–H groups in total. The predicted molar refractivity (Wildman–Crippen MR) is 147 cm³/mol. The molecule has 1 aromatic rings. The van der Waals surface area contributed by atoms with Gasteiger partial charge in [0.1, 0.15) is 29.3 Å². The average Bonchev–Trinajstić information content (AvgIpc) is 3.31. The molecular weight excluding hydrogens is 474 g/mol. The number of allylic oxidation sites excluding steroid dienone is 3. The van der Waals surface area contributed by atoms with Crippen molar-refractivity contribution in [1.82, 2.24) is 5.32 Å². The molecule has 3 aliphatic heterocycles. The summed E-state index contributed by atoms with van der Waals surface area (Å²) in [5.74, 6) is 1.09. The summed E-state index contributed by atoms with van der Waals surface area (Å²) in [5.41, 5.74) is 0.941. The molecule has 3 fully saturated rings. The van der Waals surface area contributed by atoms with E-state index in [1.165, 1.54) is 12.0 Å². The Morgan fingerprint density at radius 1 is 1.11 bits per heavy atom. The number of ether oxygens (including phenoxy) is 2. The maximum absolute atomic E-state index is 14.7. The van der Waals surface area contributed by atoms with Crippen molar-refractivity contribution in [2.24, 2.45) is 52.3 Å². The van der Waals surface area contributed by atoms with Crippen LogP contribution in [-0.2, 0) is 20.7 Å². The van der Waals surface area contributed by atoms with Gasteiger partial charge < -0.3 is 14.8 Å². The van der Waals surface area contributed by atoms with Gasteiger partial charge in [-0.2, -0.15) is 0 Å². The third-order valence-corrected chi connectivity index (χ3v) is 11.2. The van der Waals surface area contributed by atoms with Crippen LogP contribution < -0.4 is 10.1 Å². The van der Waals surface area contributed by atoms with Gasteiger partial charge in [-0.15, -0.1) is 6.58 Å². The van der Waals surface area contributed by atoms with Crippen molar-refractivity contribution in [2.45, 2.75) is 72.1 Å². The lowest BCUT2D eigenvalue weighted by Crippen LogP contribution is -2.50. The fraction of sp³-hybridized carbons (Fsp3) is 0.636. The van der Waals surface area contributed by atoms with Crippen LogP contribution in [0.1, 0.15) is 59.4 Å². The quantitative estimate of drug-likeness (QED) is 0.401. The number of amides is 1. The molecule has 6 aliphatic rings. The van der Waals surface area contributed by atoms with Crippen LogP contribution in [0.5, 0.6) is 5.75 Å². The molecule has 11 atom stereocenters. The molecular formula is C33H43NO4. The number of fused-ring (bicyclic) bond motifs is 4. The van der Waals surface area contributed by atoms with Gasteiger partial charge in [0.25, 0.3) is 0 Å². The van der Waals surface area contributed by atoms with Crippen molar-refractivity contribution in [1.29, 1.82) is 0 Å². The van der Waals surface area contributed by atoms with Gasteiger partial charge in [0, 0.05) is 43.1 Å². The number of ketones is 1. The number of hydrogen-bond donors (Lipinski definition) is 1. The molecule has 0 spiro atoms. The van der Waals surface area contributed by atoms with Crippen LogP contribution in [-0.4, -0.2) is 30.6 Å². The first-order valence-corrected chi connectivity index (χ1v) is 14.4. The molecule has 1 amide bonds. The van der Waals surface area contributed by atoms with E-state index in [9.17, 15) is 9.59 Å². The Hall–Kier alpha value is -2.40. The van der Waals surface area contributed by atoms with E-state index in [0.717, 1.165) is 17.7 Å². The number of nitrogens with one attached hydrogen (secondary N) is 1. The van der Waals surface area contributed by atoms with Crippen LogP contribution in [0.25, 0.3) is 0 Å². The fourth-order valence-electron chi connectivity index (χ4n) is 10.2. The molecule has 0 radical (unpaired) electrons.